The first kappa shape index (κ1) is 14.9. The van der Waals surface area contributed by atoms with Gasteiger partial charge >= 0.3 is 0 Å². The Morgan fingerprint density at radius 1 is 1.33 bits per heavy atom. The fraction of sp³-hybridized carbons (Fsp3) is 0.867. The molecule has 6 heteroatoms. The van der Waals surface area contributed by atoms with E-state index in [0.717, 1.165) is 50.2 Å². The SMILES string of the molecule is CCNC(Cc1nc(C2CN(C)CCN2C)no1)C1CC1. The summed E-state index contributed by atoms with van der Waals surface area (Å²) < 4.78 is 5.51. The van der Waals surface area contributed by atoms with Crippen LogP contribution in [-0.4, -0.2) is 66.3 Å². The third kappa shape index (κ3) is 3.62. The van der Waals surface area contributed by atoms with Crippen LogP contribution in [0, 0.1) is 5.92 Å². The van der Waals surface area contributed by atoms with E-state index < -0.39 is 0 Å². The van der Waals surface area contributed by atoms with Crippen molar-refractivity contribution < 1.29 is 4.52 Å². The third-order valence-electron chi connectivity index (χ3n) is 4.68. The summed E-state index contributed by atoms with van der Waals surface area (Å²) in [5.41, 5.74) is 0. The van der Waals surface area contributed by atoms with E-state index in [0.29, 0.717) is 6.04 Å². The lowest BCUT2D eigenvalue weighted by atomic mass is 10.1. The molecular formula is C15H27N5O. The van der Waals surface area contributed by atoms with Crippen LogP contribution in [0.4, 0.5) is 0 Å². The van der Waals surface area contributed by atoms with Crippen LogP contribution >= 0.6 is 0 Å². The molecule has 3 rings (SSSR count). The molecule has 0 aromatic carbocycles. The van der Waals surface area contributed by atoms with Crippen LogP contribution in [0.2, 0.25) is 0 Å². The molecule has 1 aromatic heterocycles. The quantitative estimate of drug-likeness (QED) is 0.842. The highest BCUT2D eigenvalue weighted by Crippen LogP contribution is 2.34. The molecule has 6 nitrogen and oxygen atoms in total. The fourth-order valence-corrected chi connectivity index (χ4v) is 3.13. The van der Waals surface area contributed by atoms with Crippen LogP contribution in [0.25, 0.3) is 0 Å². The van der Waals surface area contributed by atoms with Crippen molar-refractivity contribution in [2.45, 2.75) is 38.3 Å². The maximum atomic E-state index is 5.51. The largest absolute Gasteiger partial charge is 0.339 e. The first-order valence-corrected chi connectivity index (χ1v) is 8.12. The van der Waals surface area contributed by atoms with Gasteiger partial charge in [0.25, 0.3) is 0 Å². The highest BCUT2D eigenvalue weighted by Gasteiger charge is 2.33. The Balaban J connectivity index is 1.64. The Morgan fingerprint density at radius 3 is 2.86 bits per heavy atom. The summed E-state index contributed by atoms with van der Waals surface area (Å²) in [5, 5.41) is 7.79. The Morgan fingerprint density at radius 2 is 2.14 bits per heavy atom. The summed E-state index contributed by atoms with van der Waals surface area (Å²) in [7, 11) is 4.29. The van der Waals surface area contributed by atoms with Crippen LogP contribution in [0.1, 0.15) is 37.5 Å². The molecule has 1 aliphatic carbocycles. The molecule has 1 saturated heterocycles. The van der Waals surface area contributed by atoms with E-state index in [9.17, 15) is 0 Å². The standard InChI is InChI=1S/C15H27N5O/c1-4-16-12(11-5-6-11)9-14-17-15(18-21-14)13-10-19(2)7-8-20(13)3/h11-13,16H,4-10H2,1-3H3. The molecule has 21 heavy (non-hydrogen) atoms. The molecule has 0 spiro atoms. The van der Waals surface area contributed by atoms with Crippen molar-refractivity contribution in [2.24, 2.45) is 5.92 Å². The van der Waals surface area contributed by atoms with E-state index in [1.54, 1.807) is 0 Å². The highest BCUT2D eigenvalue weighted by atomic mass is 16.5. The molecule has 1 saturated carbocycles. The van der Waals surface area contributed by atoms with Gasteiger partial charge in [-0.3, -0.25) is 4.90 Å². The van der Waals surface area contributed by atoms with Gasteiger partial charge in [-0.05, 0) is 39.4 Å². The first-order valence-electron chi connectivity index (χ1n) is 8.12. The predicted molar refractivity (Wildman–Crippen MR) is 81.1 cm³/mol. The molecule has 2 fully saturated rings. The van der Waals surface area contributed by atoms with E-state index in [2.05, 4.69) is 46.3 Å². The lowest BCUT2D eigenvalue weighted by molar-refractivity contribution is 0.108. The normalized spacial score (nSPS) is 26.1. The van der Waals surface area contributed by atoms with Gasteiger partial charge in [-0.1, -0.05) is 12.1 Å². The molecular weight excluding hydrogens is 266 g/mol. The third-order valence-corrected chi connectivity index (χ3v) is 4.68. The van der Waals surface area contributed by atoms with Crippen LogP contribution < -0.4 is 5.32 Å². The Bertz CT molecular complexity index is 459. The predicted octanol–water partition coefficient (Wildman–Crippen LogP) is 0.919. The van der Waals surface area contributed by atoms with Gasteiger partial charge in [-0.15, -0.1) is 0 Å². The van der Waals surface area contributed by atoms with Crippen molar-refractivity contribution in [1.29, 1.82) is 0 Å². The molecule has 118 valence electrons. The van der Waals surface area contributed by atoms with E-state index in [-0.39, 0.29) is 6.04 Å². The molecule has 2 atom stereocenters. The molecule has 1 aromatic rings. The van der Waals surface area contributed by atoms with Crippen molar-refractivity contribution >= 4 is 0 Å². The lowest BCUT2D eigenvalue weighted by Gasteiger charge is -2.35. The van der Waals surface area contributed by atoms with Crippen molar-refractivity contribution in [3.05, 3.63) is 11.7 Å². The molecule has 2 unspecified atom stereocenters. The van der Waals surface area contributed by atoms with Gasteiger partial charge in [0.15, 0.2) is 5.82 Å². The number of piperazine rings is 1. The van der Waals surface area contributed by atoms with Gasteiger partial charge in [-0.25, -0.2) is 0 Å². The van der Waals surface area contributed by atoms with Crippen molar-refractivity contribution in [2.75, 3.05) is 40.3 Å². The fourth-order valence-electron chi connectivity index (χ4n) is 3.13. The summed E-state index contributed by atoms with van der Waals surface area (Å²) in [6.45, 7) is 6.27. The molecule has 0 bridgehead atoms. The summed E-state index contributed by atoms with van der Waals surface area (Å²) in [5.74, 6) is 2.42. The van der Waals surface area contributed by atoms with E-state index >= 15 is 0 Å². The van der Waals surface area contributed by atoms with Gasteiger partial charge in [0, 0.05) is 32.1 Å². The first-order chi connectivity index (χ1) is 10.2. The molecule has 2 heterocycles. The summed E-state index contributed by atoms with van der Waals surface area (Å²) in [4.78, 5) is 9.31. The van der Waals surface area contributed by atoms with Gasteiger partial charge in [0.1, 0.15) is 0 Å². The summed E-state index contributed by atoms with van der Waals surface area (Å²) in [6, 6.07) is 0.745. The zero-order valence-electron chi connectivity index (χ0n) is 13.4. The lowest BCUT2D eigenvalue weighted by Crippen LogP contribution is -2.45. The minimum absolute atomic E-state index is 0.250. The van der Waals surface area contributed by atoms with Gasteiger partial charge < -0.3 is 14.7 Å². The average Bonchev–Trinajstić information content (AvgIpc) is 3.21. The van der Waals surface area contributed by atoms with Crippen LogP contribution in [0.5, 0.6) is 0 Å². The molecule has 2 aliphatic rings. The second-order valence-electron chi connectivity index (χ2n) is 6.51. The number of nitrogens with one attached hydrogen (secondary N) is 1. The van der Waals surface area contributed by atoms with Crippen LogP contribution in [0.3, 0.4) is 0 Å². The molecule has 0 radical (unpaired) electrons. The number of hydrogen-bond acceptors (Lipinski definition) is 6. The number of likely N-dealkylation sites (N-methyl/N-ethyl adjacent to an activating group) is 3. The topological polar surface area (TPSA) is 57.4 Å². The summed E-state index contributed by atoms with van der Waals surface area (Å²) in [6.07, 6.45) is 3.52. The summed E-state index contributed by atoms with van der Waals surface area (Å²) >= 11 is 0. The van der Waals surface area contributed by atoms with Crippen molar-refractivity contribution in [3.8, 4) is 0 Å². The Kier molecular flexibility index (Phi) is 4.57. The van der Waals surface area contributed by atoms with Crippen molar-refractivity contribution in [1.82, 2.24) is 25.3 Å². The highest BCUT2D eigenvalue weighted by molar-refractivity contribution is 5.00. The van der Waals surface area contributed by atoms with Crippen LogP contribution in [-0.2, 0) is 6.42 Å². The monoisotopic (exact) mass is 293 g/mol. The minimum Gasteiger partial charge on any atom is -0.339 e. The maximum absolute atomic E-state index is 5.51. The zero-order chi connectivity index (χ0) is 14.8. The average molecular weight is 293 g/mol. The second-order valence-corrected chi connectivity index (χ2v) is 6.51. The molecule has 1 N–H and O–H groups in total. The number of rotatable bonds is 6. The number of nitrogens with zero attached hydrogens (tertiary/aromatic N) is 4. The minimum atomic E-state index is 0.250. The Hall–Kier alpha value is -0.980. The maximum Gasteiger partial charge on any atom is 0.228 e. The zero-order valence-corrected chi connectivity index (χ0v) is 13.4. The van der Waals surface area contributed by atoms with Gasteiger partial charge in [-0.2, -0.15) is 4.98 Å². The molecule has 0 amide bonds. The van der Waals surface area contributed by atoms with Gasteiger partial charge in [0.05, 0.1) is 6.04 Å². The second kappa shape index (κ2) is 6.42. The molecule has 1 aliphatic heterocycles. The Labute approximate surface area is 126 Å². The van der Waals surface area contributed by atoms with E-state index in [1.807, 2.05) is 0 Å². The van der Waals surface area contributed by atoms with Crippen molar-refractivity contribution in [3.63, 3.8) is 0 Å². The van der Waals surface area contributed by atoms with Gasteiger partial charge in [0.2, 0.25) is 5.89 Å². The van der Waals surface area contributed by atoms with E-state index in [1.165, 1.54) is 12.8 Å². The smallest absolute Gasteiger partial charge is 0.228 e. The van der Waals surface area contributed by atoms with E-state index in [4.69, 9.17) is 4.52 Å². The van der Waals surface area contributed by atoms with Crippen LogP contribution in [0.15, 0.2) is 4.52 Å². The number of hydrogen-bond donors (Lipinski definition) is 1. The number of aromatic nitrogens is 2.